The SMILES string of the molecule is O=C1CC/C=C/CCC(=O)CCCC1. The van der Waals surface area contributed by atoms with E-state index < -0.39 is 0 Å². The lowest BCUT2D eigenvalue weighted by atomic mass is 10.0. The molecule has 0 radical (unpaired) electrons. The van der Waals surface area contributed by atoms with Gasteiger partial charge in [-0.05, 0) is 25.7 Å². The van der Waals surface area contributed by atoms with Crippen LogP contribution in [0.1, 0.15) is 51.4 Å². The number of carbonyl (C=O) groups excluding carboxylic acids is 2. The maximum Gasteiger partial charge on any atom is 0.133 e. The summed E-state index contributed by atoms with van der Waals surface area (Å²) in [4.78, 5) is 22.5. The number of rotatable bonds is 0. The highest BCUT2D eigenvalue weighted by atomic mass is 16.1. The summed E-state index contributed by atoms with van der Waals surface area (Å²) in [7, 11) is 0. The minimum absolute atomic E-state index is 0.336. The fourth-order valence-electron chi connectivity index (χ4n) is 1.62. The second-order valence-corrected chi connectivity index (χ2v) is 3.83. The molecular formula is C12H18O2. The van der Waals surface area contributed by atoms with Crippen LogP contribution in [-0.4, -0.2) is 11.6 Å². The Bertz CT molecular complexity index is 204. The first-order chi connectivity index (χ1) is 6.79. The van der Waals surface area contributed by atoms with Gasteiger partial charge in [-0.15, -0.1) is 0 Å². The summed E-state index contributed by atoms with van der Waals surface area (Å²) in [5, 5.41) is 0. The number of hydrogen-bond acceptors (Lipinski definition) is 2. The maximum atomic E-state index is 11.3. The number of allylic oxidation sites excluding steroid dienone is 2. The first kappa shape index (κ1) is 11.2. The molecule has 0 aliphatic heterocycles. The maximum absolute atomic E-state index is 11.3. The van der Waals surface area contributed by atoms with Crippen LogP contribution in [0.2, 0.25) is 0 Å². The van der Waals surface area contributed by atoms with Gasteiger partial charge in [-0.2, -0.15) is 0 Å². The minimum Gasteiger partial charge on any atom is -0.300 e. The van der Waals surface area contributed by atoms with Gasteiger partial charge < -0.3 is 0 Å². The van der Waals surface area contributed by atoms with Crippen LogP contribution < -0.4 is 0 Å². The molecule has 0 fully saturated rings. The first-order valence-electron chi connectivity index (χ1n) is 5.47. The smallest absolute Gasteiger partial charge is 0.133 e. The molecule has 78 valence electrons. The Labute approximate surface area is 85.4 Å². The fraction of sp³-hybridized carbons (Fsp3) is 0.667. The highest BCUT2D eigenvalue weighted by Crippen LogP contribution is 2.09. The van der Waals surface area contributed by atoms with E-state index in [1.54, 1.807) is 0 Å². The molecule has 14 heavy (non-hydrogen) atoms. The predicted octanol–water partition coefficient (Wildman–Crippen LogP) is 2.82. The predicted molar refractivity (Wildman–Crippen MR) is 56.1 cm³/mol. The zero-order chi connectivity index (χ0) is 10.2. The van der Waals surface area contributed by atoms with E-state index in [-0.39, 0.29) is 0 Å². The van der Waals surface area contributed by atoms with E-state index in [0.717, 1.165) is 25.7 Å². The van der Waals surface area contributed by atoms with Crippen molar-refractivity contribution in [1.82, 2.24) is 0 Å². The van der Waals surface area contributed by atoms with Crippen molar-refractivity contribution >= 4 is 11.6 Å². The normalized spacial score (nSPS) is 23.7. The van der Waals surface area contributed by atoms with Gasteiger partial charge in [-0.3, -0.25) is 9.59 Å². The van der Waals surface area contributed by atoms with E-state index in [4.69, 9.17) is 0 Å². The third kappa shape index (κ3) is 4.95. The molecule has 1 rings (SSSR count). The van der Waals surface area contributed by atoms with Crippen LogP contribution >= 0.6 is 0 Å². The van der Waals surface area contributed by atoms with Gasteiger partial charge in [0.05, 0.1) is 0 Å². The van der Waals surface area contributed by atoms with Gasteiger partial charge in [0.2, 0.25) is 0 Å². The number of Topliss-reactive ketones (excluding diaryl/α,β-unsaturated/α-hetero) is 2. The summed E-state index contributed by atoms with van der Waals surface area (Å²) >= 11 is 0. The molecule has 0 N–H and O–H groups in total. The van der Waals surface area contributed by atoms with Gasteiger partial charge >= 0.3 is 0 Å². The summed E-state index contributed by atoms with van der Waals surface area (Å²) in [6, 6.07) is 0. The van der Waals surface area contributed by atoms with Crippen molar-refractivity contribution < 1.29 is 9.59 Å². The molecule has 0 atom stereocenters. The van der Waals surface area contributed by atoms with Crippen LogP contribution in [-0.2, 0) is 9.59 Å². The largest absolute Gasteiger partial charge is 0.300 e. The van der Waals surface area contributed by atoms with E-state index >= 15 is 0 Å². The number of ketones is 2. The lowest BCUT2D eigenvalue weighted by molar-refractivity contribution is -0.120. The van der Waals surface area contributed by atoms with Crippen molar-refractivity contribution in [3.8, 4) is 0 Å². The Morgan fingerprint density at radius 3 is 1.57 bits per heavy atom. The van der Waals surface area contributed by atoms with Gasteiger partial charge in [0.1, 0.15) is 11.6 Å². The molecule has 0 amide bonds. The summed E-state index contributed by atoms with van der Waals surface area (Å²) in [5.41, 5.74) is 0. The van der Waals surface area contributed by atoms with Crippen molar-refractivity contribution in [1.29, 1.82) is 0 Å². The molecule has 0 saturated carbocycles. The highest BCUT2D eigenvalue weighted by Gasteiger charge is 2.04. The molecule has 0 bridgehead atoms. The Morgan fingerprint density at radius 2 is 1.14 bits per heavy atom. The molecule has 1 aliphatic rings. The first-order valence-corrected chi connectivity index (χ1v) is 5.47. The van der Waals surface area contributed by atoms with Crippen molar-refractivity contribution in [3.05, 3.63) is 12.2 Å². The third-order valence-corrected chi connectivity index (χ3v) is 2.51. The minimum atomic E-state index is 0.336. The number of hydrogen-bond donors (Lipinski definition) is 0. The Hall–Kier alpha value is -0.920. The second-order valence-electron chi connectivity index (χ2n) is 3.83. The summed E-state index contributed by atoms with van der Waals surface area (Å²) in [6.07, 6.45) is 10.1. The van der Waals surface area contributed by atoms with Crippen molar-refractivity contribution in [3.63, 3.8) is 0 Å². The van der Waals surface area contributed by atoms with Crippen LogP contribution in [0.4, 0.5) is 0 Å². The lowest BCUT2D eigenvalue weighted by Gasteiger charge is -2.02. The molecule has 0 aromatic rings. The standard InChI is InChI=1S/C12H18O2/c13-11-7-3-1-2-4-8-12(14)10-6-5-9-11/h1-2H,3-10H2/b2-1+. The van der Waals surface area contributed by atoms with E-state index in [1.807, 2.05) is 12.2 Å². The van der Waals surface area contributed by atoms with Crippen molar-refractivity contribution in [2.45, 2.75) is 51.4 Å². The molecule has 0 spiro atoms. The Kier molecular flexibility index (Phi) is 5.20. The monoisotopic (exact) mass is 194 g/mol. The molecule has 0 aromatic heterocycles. The molecule has 0 aromatic carbocycles. The molecule has 2 nitrogen and oxygen atoms in total. The van der Waals surface area contributed by atoms with Gasteiger partial charge in [-0.25, -0.2) is 0 Å². The molecule has 0 saturated heterocycles. The van der Waals surface area contributed by atoms with Crippen LogP contribution in [0.5, 0.6) is 0 Å². The van der Waals surface area contributed by atoms with Gasteiger partial charge in [0, 0.05) is 25.7 Å². The van der Waals surface area contributed by atoms with Crippen molar-refractivity contribution in [2.24, 2.45) is 0 Å². The second kappa shape index (κ2) is 6.52. The van der Waals surface area contributed by atoms with Gasteiger partial charge in [-0.1, -0.05) is 12.2 Å². The average molecular weight is 194 g/mol. The van der Waals surface area contributed by atoms with Crippen LogP contribution in [0, 0.1) is 0 Å². The Morgan fingerprint density at radius 1 is 0.714 bits per heavy atom. The van der Waals surface area contributed by atoms with Crippen LogP contribution in [0.15, 0.2) is 12.2 Å². The summed E-state index contributed by atoms with van der Waals surface area (Å²) in [6.45, 7) is 0. The molecule has 1 aliphatic carbocycles. The van der Waals surface area contributed by atoms with E-state index in [0.29, 0.717) is 37.2 Å². The average Bonchev–Trinajstić information content (AvgIpc) is 2.16. The summed E-state index contributed by atoms with van der Waals surface area (Å²) in [5.74, 6) is 0.672. The quantitative estimate of drug-likeness (QED) is 0.556. The third-order valence-electron chi connectivity index (χ3n) is 2.51. The highest BCUT2D eigenvalue weighted by molar-refractivity contribution is 5.79. The fourth-order valence-corrected chi connectivity index (χ4v) is 1.62. The molecule has 0 unspecified atom stereocenters. The van der Waals surface area contributed by atoms with Gasteiger partial charge in [0.25, 0.3) is 0 Å². The van der Waals surface area contributed by atoms with E-state index in [9.17, 15) is 9.59 Å². The van der Waals surface area contributed by atoms with Crippen LogP contribution in [0.25, 0.3) is 0 Å². The Balaban J connectivity index is 2.37. The zero-order valence-electron chi connectivity index (χ0n) is 8.63. The van der Waals surface area contributed by atoms with Crippen molar-refractivity contribution in [2.75, 3.05) is 0 Å². The summed E-state index contributed by atoms with van der Waals surface area (Å²) < 4.78 is 0. The molecule has 0 heterocycles. The van der Waals surface area contributed by atoms with Gasteiger partial charge in [0.15, 0.2) is 0 Å². The molecular weight excluding hydrogens is 176 g/mol. The number of carbonyl (C=O) groups is 2. The molecule has 2 heteroatoms. The van der Waals surface area contributed by atoms with Crippen LogP contribution in [0.3, 0.4) is 0 Å². The lowest BCUT2D eigenvalue weighted by Crippen LogP contribution is -2.01. The zero-order valence-corrected chi connectivity index (χ0v) is 8.63. The van der Waals surface area contributed by atoms with E-state index in [2.05, 4.69) is 0 Å². The topological polar surface area (TPSA) is 34.1 Å². The van der Waals surface area contributed by atoms with E-state index in [1.165, 1.54) is 0 Å².